The lowest BCUT2D eigenvalue weighted by molar-refractivity contribution is -0.138. The van der Waals surface area contributed by atoms with E-state index in [1.807, 2.05) is 18.2 Å². The number of aryl methyl sites for hydroxylation is 1. The number of aromatic nitrogens is 6. The van der Waals surface area contributed by atoms with Gasteiger partial charge in [0.15, 0.2) is 17.1 Å². The van der Waals surface area contributed by atoms with Gasteiger partial charge in [0.2, 0.25) is 5.95 Å². The van der Waals surface area contributed by atoms with Gasteiger partial charge in [-0.15, -0.1) is 0 Å². The van der Waals surface area contributed by atoms with Gasteiger partial charge in [-0.2, -0.15) is 23.3 Å². The minimum absolute atomic E-state index is 0.0273. The summed E-state index contributed by atoms with van der Waals surface area (Å²) in [6, 6.07) is 6.14. The van der Waals surface area contributed by atoms with Crippen molar-refractivity contribution in [1.29, 1.82) is 0 Å². The molecule has 0 amide bonds. The Kier molecular flexibility index (Phi) is 5.80. The highest BCUT2D eigenvalue weighted by Gasteiger charge is 2.32. The van der Waals surface area contributed by atoms with Crippen LogP contribution in [-0.4, -0.2) is 40.4 Å². The number of fused-ring (bicyclic) bond motifs is 2. The average Bonchev–Trinajstić information content (AvgIpc) is 3.39. The Morgan fingerprint density at radius 3 is 2.78 bits per heavy atom. The number of halogens is 4. The molecule has 10 nitrogen and oxygen atoms in total. The van der Waals surface area contributed by atoms with E-state index in [1.54, 1.807) is 17.8 Å². The highest BCUT2D eigenvalue weighted by molar-refractivity contribution is 6.36. The van der Waals surface area contributed by atoms with Crippen LogP contribution in [-0.2, 0) is 19.8 Å². The Labute approximate surface area is 205 Å². The number of hydrogen-bond acceptors (Lipinski definition) is 7. The number of nitrogens with one attached hydrogen (secondary N) is 1. The van der Waals surface area contributed by atoms with Gasteiger partial charge >= 0.3 is 6.18 Å². The van der Waals surface area contributed by atoms with Crippen LogP contribution in [0, 0.1) is 0 Å². The van der Waals surface area contributed by atoms with Crippen LogP contribution in [0.5, 0.6) is 11.5 Å². The Morgan fingerprint density at radius 1 is 1.22 bits per heavy atom. The quantitative estimate of drug-likeness (QED) is 0.349. The molecule has 0 fully saturated rings. The van der Waals surface area contributed by atoms with Crippen molar-refractivity contribution >= 4 is 39.9 Å². The van der Waals surface area contributed by atoms with Crippen LogP contribution < -0.4 is 15.6 Å². The fourth-order valence-corrected chi connectivity index (χ4v) is 3.98. The van der Waals surface area contributed by atoms with Crippen molar-refractivity contribution in [1.82, 2.24) is 28.7 Å². The number of hydrogen-bond donors (Lipinski definition) is 2. The zero-order chi connectivity index (χ0) is 25.6. The minimum atomic E-state index is -4.71. The van der Waals surface area contributed by atoms with Crippen LogP contribution in [0.1, 0.15) is 5.56 Å². The summed E-state index contributed by atoms with van der Waals surface area (Å²) in [5.74, 6) is 0.675. The molecule has 0 aliphatic carbocycles. The Hall–Kier alpha value is -4.10. The molecule has 0 aromatic carbocycles. The number of imidazole rings is 1. The molecule has 0 unspecified atom stereocenters. The molecule has 0 bridgehead atoms. The number of ether oxygens (including phenoxy) is 1. The van der Waals surface area contributed by atoms with E-state index in [-0.39, 0.29) is 34.6 Å². The SMILES string of the molecule is Cn1c(Nc2cc(C(F)(F)F)cn(CCO)c2=O)nc2ncc(Oc3cnn4ccccc34)c(Cl)c21. The van der Waals surface area contributed by atoms with Crippen LogP contribution in [0.3, 0.4) is 0 Å². The van der Waals surface area contributed by atoms with Crippen LogP contribution in [0.25, 0.3) is 16.7 Å². The van der Waals surface area contributed by atoms with Gasteiger partial charge in [0.25, 0.3) is 5.56 Å². The summed E-state index contributed by atoms with van der Waals surface area (Å²) in [5.41, 5.74) is -0.992. The fourth-order valence-electron chi connectivity index (χ4n) is 3.68. The van der Waals surface area contributed by atoms with Crippen molar-refractivity contribution in [3.8, 4) is 11.5 Å². The molecule has 5 rings (SSSR count). The number of pyridine rings is 3. The molecule has 5 aromatic heterocycles. The Morgan fingerprint density at radius 2 is 2.03 bits per heavy atom. The topological polar surface area (TPSA) is 112 Å². The molecule has 2 N–H and O–H groups in total. The second-order valence-corrected chi connectivity index (χ2v) is 8.11. The molecule has 0 saturated heterocycles. The van der Waals surface area contributed by atoms with Gasteiger partial charge in [-0.3, -0.25) is 4.79 Å². The van der Waals surface area contributed by atoms with E-state index < -0.39 is 23.9 Å². The third-order valence-corrected chi connectivity index (χ3v) is 5.78. The van der Waals surface area contributed by atoms with E-state index in [0.29, 0.717) is 29.0 Å². The summed E-state index contributed by atoms with van der Waals surface area (Å²) in [5, 5.41) is 16.1. The Balaban J connectivity index is 1.54. The van der Waals surface area contributed by atoms with Crippen LogP contribution in [0.2, 0.25) is 5.02 Å². The van der Waals surface area contributed by atoms with Gasteiger partial charge in [0, 0.05) is 26.0 Å². The van der Waals surface area contributed by atoms with E-state index in [9.17, 15) is 18.0 Å². The van der Waals surface area contributed by atoms with E-state index >= 15 is 0 Å². The molecule has 0 spiro atoms. The maximum absolute atomic E-state index is 13.4. The number of nitrogens with zero attached hydrogens (tertiary/aromatic N) is 6. The maximum atomic E-state index is 13.4. The summed E-state index contributed by atoms with van der Waals surface area (Å²) in [4.78, 5) is 21.2. The first-order valence-corrected chi connectivity index (χ1v) is 10.9. The maximum Gasteiger partial charge on any atom is 0.417 e. The molecule has 36 heavy (non-hydrogen) atoms. The van der Waals surface area contributed by atoms with Gasteiger partial charge in [-0.1, -0.05) is 17.7 Å². The van der Waals surface area contributed by atoms with E-state index in [2.05, 4.69) is 20.4 Å². The van der Waals surface area contributed by atoms with E-state index in [0.717, 1.165) is 4.57 Å². The van der Waals surface area contributed by atoms with Gasteiger partial charge < -0.3 is 24.3 Å². The van der Waals surface area contributed by atoms with Gasteiger partial charge in [-0.25, -0.2) is 9.50 Å². The van der Waals surface area contributed by atoms with Crippen molar-refractivity contribution in [3.05, 3.63) is 70.0 Å². The molecule has 0 saturated carbocycles. The van der Waals surface area contributed by atoms with Crippen molar-refractivity contribution in [2.24, 2.45) is 7.05 Å². The lowest BCUT2D eigenvalue weighted by Gasteiger charge is -2.14. The molecule has 0 aliphatic heterocycles. The minimum Gasteiger partial charge on any atom is -0.450 e. The van der Waals surface area contributed by atoms with Crippen LogP contribution in [0.15, 0.2) is 53.8 Å². The Bertz CT molecular complexity index is 1660. The molecule has 0 atom stereocenters. The summed E-state index contributed by atoms with van der Waals surface area (Å²) < 4.78 is 49.9. The molecule has 14 heteroatoms. The lowest BCUT2D eigenvalue weighted by Crippen LogP contribution is -2.26. The molecule has 186 valence electrons. The van der Waals surface area contributed by atoms with Gasteiger partial charge in [0.05, 0.1) is 24.6 Å². The highest BCUT2D eigenvalue weighted by atomic mass is 35.5. The molecule has 5 heterocycles. The zero-order valence-corrected chi connectivity index (χ0v) is 19.2. The smallest absolute Gasteiger partial charge is 0.417 e. The van der Waals surface area contributed by atoms with Crippen molar-refractivity contribution in [2.75, 3.05) is 11.9 Å². The van der Waals surface area contributed by atoms with Crippen molar-refractivity contribution in [2.45, 2.75) is 12.7 Å². The second kappa shape index (κ2) is 8.84. The van der Waals surface area contributed by atoms with Gasteiger partial charge in [0.1, 0.15) is 21.7 Å². The fraction of sp³-hybridized carbons (Fsp3) is 0.182. The van der Waals surface area contributed by atoms with E-state index in [1.165, 1.54) is 17.0 Å². The van der Waals surface area contributed by atoms with Crippen LogP contribution in [0.4, 0.5) is 24.8 Å². The molecule has 0 aliphatic rings. The monoisotopic (exact) mass is 519 g/mol. The average molecular weight is 520 g/mol. The first-order chi connectivity index (χ1) is 17.2. The van der Waals surface area contributed by atoms with Crippen molar-refractivity contribution in [3.63, 3.8) is 0 Å². The van der Waals surface area contributed by atoms with Crippen molar-refractivity contribution < 1.29 is 23.0 Å². The standard InChI is InChI=1S/C22H17ClF3N7O3/c1-31-18-17(23)16(36-15-10-28-33-5-3-2-4-14(15)33)9-27-19(18)30-21(31)29-13-8-12(22(24,25)26)11-32(6-7-34)20(13)35/h2-5,8-11,34H,6-7H2,1H3,(H,27,29,30). The molecule has 0 radical (unpaired) electrons. The summed E-state index contributed by atoms with van der Waals surface area (Å²) in [6.07, 6.45) is 0.597. The summed E-state index contributed by atoms with van der Waals surface area (Å²) in [6.45, 7) is -0.820. The van der Waals surface area contributed by atoms with E-state index in [4.69, 9.17) is 21.4 Å². The van der Waals surface area contributed by atoms with Crippen LogP contribution >= 0.6 is 11.6 Å². The zero-order valence-electron chi connectivity index (χ0n) is 18.5. The van der Waals surface area contributed by atoms with Gasteiger partial charge in [-0.05, 0) is 18.2 Å². The third kappa shape index (κ3) is 4.12. The highest BCUT2D eigenvalue weighted by Crippen LogP contribution is 2.37. The first-order valence-electron chi connectivity index (χ1n) is 10.5. The number of alkyl halides is 3. The number of rotatable bonds is 6. The normalized spacial score (nSPS) is 11.9. The summed E-state index contributed by atoms with van der Waals surface area (Å²) >= 11 is 6.59. The number of aliphatic hydroxyl groups excluding tert-OH is 1. The number of anilines is 2. The first kappa shape index (κ1) is 23.6. The molecular weight excluding hydrogens is 503 g/mol. The predicted octanol–water partition coefficient (Wildman–Crippen LogP) is 3.98. The third-order valence-electron chi connectivity index (χ3n) is 5.42. The summed E-state index contributed by atoms with van der Waals surface area (Å²) in [7, 11) is 1.56. The lowest BCUT2D eigenvalue weighted by atomic mass is 10.2. The molecular formula is C22H17ClF3N7O3. The predicted molar refractivity (Wildman–Crippen MR) is 125 cm³/mol. The largest absolute Gasteiger partial charge is 0.450 e. The second-order valence-electron chi connectivity index (χ2n) is 7.73. The molecule has 5 aromatic rings. The number of aliphatic hydroxyl groups is 1.